The van der Waals surface area contributed by atoms with Crippen LogP contribution in [0.25, 0.3) is 5.69 Å². The van der Waals surface area contributed by atoms with Crippen molar-refractivity contribution >= 4 is 6.03 Å². The molecule has 0 spiro atoms. The standard InChI is InChI=1S/C24H29N5O2/c1-18(21-6-8-22(9-7-21)29-17-25-16-26-29)27-24(31)28-14-12-20(13-15-28)3-2-19-4-10-23(30)11-5-19/h4-11,16-18,20,30H,2-3,12-15H2,1H3,(H,27,31). The summed E-state index contributed by atoms with van der Waals surface area (Å²) < 4.78 is 1.71. The summed E-state index contributed by atoms with van der Waals surface area (Å²) in [6.07, 6.45) is 7.37. The predicted molar refractivity (Wildman–Crippen MR) is 119 cm³/mol. The largest absolute Gasteiger partial charge is 0.508 e. The summed E-state index contributed by atoms with van der Waals surface area (Å²) in [6.45, 7) is 3.60. The first-order valence-corrected chi connectivity index (χ1v) is 10.9. The predicted octanol–water partition coefficient (Wildman–Crippen LogP) is 4.09. The molecule has 7 heteroatoms. The molecule has 162 valence electrons. The van der Waals surface area contributed by atoms with Crippen molar-refractivity contribution in [2.24, 2.45) is 5.92 Å². The lowest BCUT2D eigenvalue weighted by Crippen LogP contribution is -2.45. The van der Waals surface area contributed by atoms with E-state index in [0.717, 1.165) is 50.0 Å². The Morgan fingerprint density at radius 1 is 1.13 bits per heavy atom. The molecule has 0 saturated carbocycles. The minimum absolute atomic E-state index is 0.00448. The lowest BCUT2D eigenvalue weighted by Gasteiger charge is -2.33. The Labute approximate surface area is 182 Å². The van der Waals surface area contributed by atoms with Crippen molar-refractivity contribution in [1.82, 2.24) is 25.0 Å². The van der Waals surface area contributed by atoms with Crippen molar-refractivity contribution in [2.75, 3.05) is 13.1 Å². The van der Waals surface area contributed by atoms with Gasteiger partial charge in [-0.05, 0) is 73.9 Å². The van der Waals surface area contributed by atoms with Gasteiger partial charge in [-0.2, -0.15) is 5.10 Å². The Morgan fingerprint density at radius 3 is 2.48 bits per heavy atom. The highest BCUT2D eigenvalue weighted by atomic mass is 16.3. The van der Waals surface area contributed by atoms with E-state index >= 15 is 0 Å². The quantitative estimate of drug-likeness (QED) is 0.630. The zero-order chi connectivity index (χ0) is 21.6. The number of piperidine rings is 1. The molecule has 0 aliphatic carbocycles. The molecule has 1 aliphatic rings. The van der Waals surface area contributed by atoms with Gasteiger partial charge in [-0.3, -0.25) is 0 Å². The summed E-state index contributed by atoms with van der Waals surface area (Å²) in [5.74, 6) is 0.947. The second-order valence-corrected chi connectivity index (χ2v) is 8.24. The molecule has 1 aromatic heterocycles. The molecule has 2 amide bonds. The summed E-state index contributed by atoms with van der Waals surface area (Å²) in [5.41, 5.74) is 3.25. The van der Waals surface area contributed by atoms with Crippen LogP contribution in [0.3, 0.4) is 0 Å². The SMILES string of the molecule is CC(NC(=O)N1CCC(CCc2ccc(O)cc2)CC1)c1ccc(-n2cncn2)cc1. The number of hydrogen-bond donors (Lipinski definition) is 2. The van der Waals surface area contributed by atoms with Crippen LogP contribution in [0, 0.1) is 5.92 Å². The van der Waals surface area contributed by atoms with Crippen LogP contribution < -0.4 is 5.32 Å². The molecule has 1 atom stereocenters. The Morgan fingerprint density at radius 2 is 1.84 bits per heavy atom. The normalized spacial score (nSPS) is 15.6. The molecule has 3 aromatic rings. The van der Waals surface area contributed by atoms with Crippen LogP contribution in [0.5, 0.6) is 5.75 Å². The van der Waals surface area contributed by atoms with Crippen molar-refractivity contribution in [2.45, 2.75) is 38.6 Å². The van der Waals surface area contributed by atoms with E-state index in [1.807, 2.05) is 48.2 Å². The molecular formula is C24H29N5O2. The van der Waals surface area contributed by atoms with Gasteiger partial charge in [-0.1, -0.05) is 24.3 Å². The van der Waals surface area contributed by atoms with Crippen molar-refractivity contribution in [3.05, 3.63) is 72.3 Å². The van der Waals surface area contributed by atoms with E-state index in [2.05, 4.69) is 15.4 Å². The van der Waals surface area contributed by atoms with E-state index in [9.17, 15) is 9.90 Å². The van der Waals surface area contributed by atoms with Gasteiger partial charge in [0.1, 0.15) is 18.4 Å². The summed E-state index contributed by atoms with van der Waals surface area (Å²) in [6, 6.07) is 15.4. The molecule has 2 N–H and O–H groups in total. The number of carbonyl (C=O) groups excluding carboxylic acids is 1. The number of phenols is 1. The third-order valence-corrected chi connectivity index (χ3v) is 6.10. The monoisotopic (exact) mass is 419 g/mol. The number of phenolic OH excluding ortho intramolecular Hbond substituents is 1. The maximum Gasteiger partial charge on any atom is 0.317 e. The highest BCUT2D eigenvalue weighted by Crippen LogP contribution is 2.24. The number of benzene rings is 2. The Bertz CT molecular complexity index is 962. The van der Waals surface area contributed by atoms with Gasteiger partial charge in [0, 0.05) is 13.1 Å². The average Bonchev–Trinajstić information content (AvgIpc) is 3.34. The number of hydrogen-bond acceptors (Lipinski definition) is 4. The van der Waals surface area contributed by atoms with Gasteiger partial charge < -0.3 is 15.3 Å². The number of urea groups is 1. The van der Waals surface area contributed by atoms with Gasteiger partial charge in [0.15, 0.2) is 0 Å². The maximum atomic E-state index is 12.7. The van der Waals surface area contributed by atoms with Crippen molar-refractivity contribution < 1.29 is 9.90 Å². The van der Waals surface area contributed by atoms with Crippen LogP contribution in [-0.4, -0.2) is 43.9 Å². The fourth-order valence-corrected chi connectivity index (χ4v) is 4.08. The van der Waals surface area contributed by atoms with Crippen molar-refractivity contribution in [3.63, 3.8) is 0 Å². The number of amides is 2. The summed E-state index contributed by atoms with van der Waals surface area (Å²) in [5, 5.41) is 16.6. The topological polar surface area (TPSA) is 83.3 Å². The van der Waals surface area contributed by atoms with E-state index in [1.165, 1.54) is 11.9 Å². The second kappa shape index (κ2) is 9.64. The molecule has 7 nitrogen and oxygen atoms in total. The Hall–Kier alpha value is -3.35. The second-order valence-electron chi connectivity index (χ2n) is 8.24. The minimum Gasteiger partial charge on any atom is -0.508 e. The van der Waals surface area contributed by atoms with E-state index in [4.69, 9.17) is 0 Å². The lowest BCUT2D eigenvalue weighted by molar-refractivity contribution is 0.165. The Kier molecular flexibility index (Phi) is 6.50. The first-order valence-electron chi connectivity index (χ1n) is 10.9. The van der Waals surface area contributed by atoms with E-state index in [-0.39, 0.29) is 12.1 Å². The molecule has 1 saturated heterocycles. The number of rotatable bonds is 6. The summed E-state index contributed by atoms with van der Waals surface area (Å²) in [4.78, 5) is 18.6. The maximum absolute atomic E-state index is 12.7. The molecule has 1 fully saturated rings. The molecular weight excluding hydrogens is 390 g/mol. The summed E-state index contributed by atoms with van der Waals surface area (Å²) >= 11 is 0. The van der Waals surface area contributed by atoms with Crippen LogP contribution in [0.2, 0.25) is 0 Å². The Balaban J connectivity index is 1.22. The average molecular weight is 420 g/mol. The first kappa shape index (κ1) is 20.9. The molecule has 0 bridgehead atoms. The van der Waals surface area contributed by atoms with Crippen molar-refractivity contribution in [3.8, 4) is 11.4 Å². The number of aromatic hydroxyl groups is 1. The number of aryl methyl sites for hydroxylation is 1. The lowest BCUT2D eigenvalue weighted by atomic mass is 9.90. The zero-order valence-electron chi connectivity index (χ0n) is 17.8. The third kappa shape index (κ3) is 5.42. The number of nitrogens with zero attached hydrogens (tertiary/aromatic N) is 4. The fourth-order valence-electron chi connectivity index (χ4n) is 4.08. The van der Waals surface area contributed by atoms with E-state index in [1.54, 1.807) is 23.1 Å². The van der Waals surface area contributed by atoms with Gasteiger partial charge in [-0.25, -0.2) is 14.5 Å². The van der Waals surface area contributed by atoms with E-state index in [0.29, 0.717) is 11.7 Å². The molecule has 0 radical (unpaired) electrons. The van der Waals surface area contributed by atoms with Gasteiger partial charge in [-0.15, -0.1) is 0 Å². The molecule has 2 heterocycles. The van der Waals surface area contributed by atoms with Gasteiger partial charge >= 0.3 is 6.03 Å². The highest BCUT2D eigenvalue weighted by molar-refractivity contribution is 5.74. The number of aromatic nitrogens is 3. The molecule has 1 unspecified atom stereocenters. The van der Waals surface area contributed by atoms with Crippen LogP contribution in [0.15, 0.2) is 61.2 Å². The number of carbonyl (C=O) groups is 1. The minimum atomic E-state index is -0.0653. The van der Waals surface area contributed by atoms with Crippen LogP contribution in [-0.2, 0) is 6.42 Å². The van der Waals surface area contributed by atoms with Gasteiger partial charge in [0.2, 0.25) is 0 Å². The molecule has 4 rings (SSSR count). The number of likely N-dealkylation sites (tertiary alicyclic amines) is 1. The van der Waals surface area contributed by atoms with Gasteiger partial charge in [0.05, 0.1) is 11.7 Å². The zero-order valence-corrected chi connectivity index (χ0v) is 17.8. The number of nitrogens with one attached hydrogen (secondary N) is 1. The van der Waals surface area contributed by atoms with Crippen LogP contribution in [0.1, 0.15) is 43.4 Å². The first-order chi connectivity index (χ1) is 15.1. The highest BCUT2D eigenvalue weighted by Gasteiger charge is 2.23. The van der Waals surface area contributed by atoms with Crippen molar-refractivity contribution in [1.29, 1.82) is 0 Å². The molecule has 1 aliphatic heterocycles. The van der Waals surface area contributed by atoms with Gasteiger partial charge in [0.25, 0.3) is 0 Å². The summed E-state index contributed by atoms with van der Waals surface area (Å²) in [7, 11) is 0. The third-order valence-electron chi connectivity index (χ3n) is 6.10. The smallest absolute Gasteiger partial charge is 0.317 e. The van der Waals surface area contributed by atoms with Crippen LogP contribution >= 0.6 is 0 Å². The molecule has 2 aromatic carbocycles. The fraction of sp³-hybridized carbons (Fsp3) is 0.375. The van der Waals surface area contributed by atoms with E-state index < -0.39 is 0 Å². The molecule has 31 heavy (non-hydrogen) atoms. The van der Waals surface area contributed by atoms with Crippen LogP contribution in [0.4, 0.5) is 4.79 Å².